The van der Waals surface area contributed by atoms with E-state index in [1.807, 2.05) is 0 Å². The molecule has 1 aromatic carbocycles. The van der Waals surface area contributed by atoms with Crippen LogP contribution in [-0.2, 0) is 16.6 Å². The van der Waals surface area contributed by atoms with Gasteiger partial charge in [-0.2, -0.15) is 0 Å². The summed E-state index contributed by atoms with van der Waals surface area (Å²) in [5.41, 5.74) is 0.667. The molecule has 0 saturated carbocycles. The molecule has 0 aromatic heterocycles. The van der Waals surface area contributed by atoms with Gasteiger partial charge in [0.1, 0.15) is 0 Å². The Balaban J connectivity index is 2.58. The quantitative estimate of drug-likeness (QED) is 0.451. The summed E-state index contributed by atoms with van der Waals surface area (Å²) in [6.07, 6.45) is 0. The van der Waals surface area contributed by atoms with Gasteiger partial charge in [0.2, 0.25) is 10.0 Å². The lowest BCUT2D eigenvalue weighted by atomic mass is 10.2. The third-order valence-electron chi connectivity index (χ3n) is 2.10. The molecule has 18 heavy (non-hydrogen) atoms. The van der Waals surface area contributed by atoms with E-state index in [2.05, 4.69) is 21.2 Å². The number of halogens is 1. The summed E-state index contributed by atoms with van der Waals surface area (Å²) < 4.78 is 21.7. The fraction of sp³-hybridized carbons (Fsp3) is 0.333. The first kappa shape index (κ1) is 15.0. The Morgan fingerprint density at radius 2 is 2.11 bits per heavy atom. The Labute approximate surface area is 113 Å². The predicted molar refractivity (Wildman–Crippen MR) is 70.5 cm³/mol. The van der Waals surface area contributed by atoms with Gasteiger partial charge in [-0.3, -0.25) is 10.1 Å². The smallest absolute Gasteiger partial charge is 0.283 e. The summed E-state index contributed by atoms with van der Waals surface area (Å²) in [4.78, 5) is 10.2. The number of rotatable bonds is 6. The van der Waals surface area contributed by atoms with Crippen LogP contribution in [0.15, 0.2) is 22.7 Å². The molecule has 0 unspecified atom stereocenters. The molecule has 0 atom stereocenters. The number of nitro benzene ring substituents is 1. The molecule has 9 heteroatoms. The molecule has 0 radical (unpaired) electrons. The number of benzene rings is 1. The highest BCUT2D eigenvalue weighted by Crippen LogP contribution is 2.25. The third kappa shape index (κ3) is 5.08. The molecule has 0 bridgehead atoms. The molecule has 0 aliphatic carbocycles. The Morgan fingerprint density at radius 1 is 1.44 bits per heavy atom. The van der Waals surface area contributed by atoms with Gasteiger partial charge in [0.05, 0.1) is 15.1 Å². The molecule has 1 rings (SSSR count). The number of nitrogens with one attached hydrogen (secondary N) is 1. The fourth-order valence-electron chi connectivity index (χ4n) is 1.26. The topological polar surface area (TPSA) is 115 Å². The number of hydrogen-bond acceptors (Lipinski definition) is 5. The van der Waals surface area contributed by atoms with E-state index in [4.69, 9.17) is 5.14 Å². The van der Waals surface area contributed by atoms with Crippen molar-refractivity contribution in [2.75, 3.05) is 12.3 Å². The molecule has 0 aliphatic rings. The van der Waals surface area contributed by atoms with Gasteiger partial charge in [0.15, 0.2) is 0 Å². The summed E-state index contributed by atoms with van der Waals surface area (Å²) in [7, 11) is -3.49. The summed E-state index contributed by atoms with van der Waals surface area (Å²) in [5.74, 6) is -0.175. The molecule has 3 N–H and O–H groups in total. The zero-order valence-electron chi connectivity index (χ0n) is 9.30. The van der Waals surface area contributed by atoms with Gasteiger partial charge < -0.3 is 5.32 Å². The number of nitrogens with two attached hydrogens (primary N) is 1. The maximum Gasteiger partial charge on any atom is 0.283 e. The summed E-state index contributed by atoms with van der Waals surface area (Å²) >= 11 is 3.08. The molecular weight excluding hydrogens is 326 g/mol. The van der Waals surface area contributed by atoms with E-state index in [0.29, 0.717) is 16.6 Å². The lowest BCUT2D eigenvalue weighted by Gasteiger charge is -2.04. The molecule has 7 nitrogen and oxygen atoms in total. The Morgan fingerprint density at radius 3 is 2.67 bits per heavy atom. The maximum absolute atomic E-state index is 10.7. The van der Waals surface area contributed by atoms with Crippen molar-refractivity contribution in [3.05, 3.63) is 38.3 Å². The van der Waals surface area contributed by atoms with Gasteiger partial charge in [0, 0.05) is 19.2 Å². The minimum Gasteiger partial charge on any atom is -0.312 e. The van der Waals surface area contributed by atoms with Crippen LogP contribution in [0.5, 0.6) is 0 Å². The average molecular weight is 338 g/mol. The summed E-state index contributed by atoms with van der Waals surface area (Å²) in [6, 6.07) is 4.71. The van der Waals surface area contributed by atoms with Gasteiger partial charge in [0.25, 0.3) is 5.69 Å². The monoisotopic (exact) mass is 337 g/mol. The van der Waals surface area contributed by atoms with E-state index in [9.17, 15) is 18.5 Å². The molecule has 100 valence electrons. The van der Waals surface area contributed by atoms with Crippen molar-refractivity contribution in [2.45, 2.75) is 6.54 Å². The minimum absolute atomic E-state index is 0.0271. The SMILES string of the molecule is NS(=O)(=O)CCNCc1ccc(Br)c([N+](=O)[O-])c1. The number of nitro groups is 1. The van der Waals surface area contributed by atoms with Crippen molar-refractivity contribution >= 4 is 31.6 Å². The third-order valence-corrected chi connectivity index (χ3v) is 3.54. The van der Waals surface area contributed by atoms with E-state index in [0.717, 1.165) is 0 Å². The normalized spacial score (nSPS) is 11.4. The minimum atomic E-state index is -3.49. The Kier molecular flexibility index (Phi) is 5.20. The first-order valence-electron chi connectivity index (χ1n) is 4.93. The highest BCUT2D eigenvalue weighted by Gasteiger charge is 2.12. The van der Waals surface area contributed by atoms with E-state index in [-0.39, 0.29) is 18.0 Å². The molecule has 0 fully saturated rings. The lowest BCUT2D eigenvalue weighted by Crippen LogP contribution is -2.26. The van der Waals surface area contributed by atoms with Crippen molar-refractivity contribution in [1.29, 1.82) is 0 Å². The van der Waals surface area contributed by atoms with E-state index < -0.39 is 14.9 Å². The van der Waals surface area contributed by atoms with Crippen molar-refractivity contribution in [1.82, 2.24) is 5.32 Å². The van der Waals surface area contributed by atoms with Crippen molar-refractivity contribution in [3.63, 3.8) is 0 Å². The van der Waals surface area contributed by atoms with Crippen molar-refractivity contribution in [3.8, 4) is 0 Å². The zero-order chi connectivity index (χ0) is 13.8. The van der Waals surface area contributed by atoms with Gasteiger partial charge in [-0.15, -0.1) is 0 Å². The van der Waals surface area contributed by atoms with Gasteiger partial charge in [-0.05, 0) is 27.6 Å². The second-order valence-electron chi connectivity index (χ2n) is 3.59. The van der Waals surface area contributed by atoms with Gasteiger partial charge in [-0.1, -0.05) is 6.07 Å². The molecule has 0 aliphatic heterocycles. The van der Waals surface area contributed by atoms with E-state index in [1.165, 1.54) is 6.07 Å². The fourth-order valence-corrected chi connectivity index (χ4v) is 2.08. The number of nitrogens with zero attached hydrogens (tertiary/aromatic N) is 1. The summed E-state index contributed by atoms with van der Waals surface area (Å²) in [6.45, 7) is 0.534. The number of sulfonamides is 1. The Bertz CT molecular complexity index is 547. The van der Waals surface area contributed by atoms with Crippen molar-refractivity contribution in [2.24, 2.45) is 5.14 Å². The standard InChI is InChI=1S/C9H12BrN3O4S/c10-8-2-1-7(5-9(8)13(14)15)6-12-3-4-18(11,16)17/h1-2,5,12H,3-4,6H2,(H2,11,16,17). The van der Waals surface area contributed by atoms with Crippen molar-refractivity contribution < 1.29 is 13.3 Å². The second-order valence-corrected chi connectivity index (χ2v) is 6.17. The molecular formula is C9H12BrN3O4S. The van der Waals surface area contributed by atoms with Crippen LogP contribution in [0.2, 0.25) is 0 Å². The van der Waals surface area contributed by atoms with Gasteiger partial charge >= 0.3 is 0 Å². The summed E-state index contributed by atoms with van der Waals surface area (Å²) in [5, 5.41) is 18.4. The second kappa shape index (κ2) is 6.23. The number of hydrogen-bond donors (Lipinski definition) is 2. The highest BCUT2D eigenvalue weighted by molar-refractivity contribution is 9.10. The largest absolute Gasteiger partial charge is 0.312 e. The van der Waals surface area contributed by atoms with E-state index in [1.54, 1.807) is 12.1 Å². The molecule has 0 amide bonds. The average Bonchev–Trinajstić information content (AvgIpc) is 2.24. The molecule has 0 heterocycles. The molecule has 0 saturated heterocycles. The van der Waals surface area contributed by atoms with Crippen LogP contribution >= 0.6 is 15.9 Å². The maximum atomic E-state index is 10.7. The molecule has 0 spiro atoms. The van der Waals surface area contributed by atoms with Crippen LogP contribution in [0, 0.1) is 10.1 Å². The van der Waals surface area contributed by atoms with Crippen LogP contribution in [0.3, 0.4) is 0 Å². The number of primary sulfonamides is 1. The first-order chi connectivity index (χ1) is 8.29. The molecule has 1 aromatic rings. The van der Waals surface area contributed by atoms with E-state index >= 15 is 0 Å². The van der Waals surface area contributed by atoms with Crippen LogP contribution in [0.4, 0.5) is 5.69 Å². The van der Waals surface area contributed by atoms with Crippen LogP contribution in [-0.4, -0.2) is 25.6 Å². The van der Waals surface area contributed by atoms with Crippen LogP contribution < -0.4 is 10.5 Å². The van der Waals surface area contributed by atoms with Gasteiger partial charge in [-0.25, -0.2) is 13.6 Å². The lowest BCUT2D eigenvalue weighted by molar-refractivity contribution is -0.385. The van der Waals surface area contributed by atoms with Crippen LogP contribution in [0.1, 0.15) is 5.56 Å². The highest BCUT2D eigenvalue weighted by atomic mass is 79.9. The zero-order valence-corrected chi connectivity index (χ0v) is 11.7. The Hall–Kier alpha value is -1.03. The first-order valence-corrected chi connectivity index (χ1v) is 7.44. The van der Waals surface area contributed by atoms with Crippen LogP contribution in [0.25, 0.3) is 0 Å². The predicted octanol–water partition coefficient (Wildman–Crippen LogP) is 0.735.